The first-order valence-electron chi connectivity index (χ1n) is 5.99. The van der Waals surface area contributed by atoms with E-state index in [0.29, 0.717) is 5.57 Å². The van der Waals surface area contributed by atoms with Gasteiger partial charge in [0, 0.05) is 5.57 Å². The molecule has 2 nitrogen and oxygen atoms in total. The third kappa shape index (κ3) is 5.21. The SMILES string of the molecule is C=C(C)C(=O)OC.c1ccc(-c2ccccc2)cc1. The van der Waals surface area contributed by atoms with Gasteiger partial charge in [-0.15, -0.1) is 0 Å². The summed E-state index contributed by atoms with van der Waals surface area (Å²) in [4.78, 5) is 10.2. The van der Waals surface area contributed by atoms with Crippen LogP contribution in [0.2, 0.25) is 0 Å². The van der Waals surface area contributed by atoms with Crippen LogP contribution in [0, 0.1) is 0 Å². The van der Waals surface area contributed by atoms with E-state index >= 15 is 0 Å². The van der Waals surface area contributed by atoms with Gasteiger partial charge < -0.3 is 4.74 Å². The molecule has 0 saturated carbocycles. The molecule has 19 heavy (non-hydrogen) atoms. The lowest BCUT2D eigenvalue weighted by molar-refractivity contribution is -0.136. The summed E-state index contributed by atoms with van der Waals surface area (Å²) in [6, 6.07) is 20.8. The first-order chi connectivity index (χ1) is 9.15. The quantitative estimate of drug-likeness (QED) is 0.596. The summed E-state index contributed by atoms with van der Waals surface area (Å²) in [5.74, 6) is -0.347. The molecule has 0 spiro atoms. The Bertz CT molecular complexity index is 478. The second kappa shape index (κ2) is 7.88. The first-order valence-corrected chi connectivity index (χ1v) is 5.99. The van der Waals surface area contributed by atoms with E-state index in [1.54, 1.807) is 6.92 Å². The fourth-order valence-electron chi connectivity index (χ4n) is 1.44. The zero-order chi connectivity index (χ0) is 14.1. The molecule has 2 rings (SSSR count). The minimum Gasteiger partial charge on any atom is -0.466 e. The van der Waals surface area contributed by atoms with Crippen LogP contribution in [0.3, 0.4) is 0 Å². The topological polar surface area (TPSA) is 26.3 Å². The summed E-state index contributed by atoms with van der Waals surface area (Å²) in [6.45, 7) is 4.95. The van der Waals surface area contributed by atoms with E-state index in [1.807, 2.05) is 12.1 Å². The van der Waals surface area contributed by atoms with E-state index in [0.717, 1.165) is 0 Å². The van der Waals surface area contributed by atoms with Gasteiger partial charge in [-0.1, -0.05) is 67.2 Å². The fourth-order valence-corrected chi connectivity index (χ4v) is 1.44. The lowest BCUT2D eigenvalue weighted by atomic mass is 10.1. The van der Waals surface area contributed by atoms with Gasteiger partial charge in [0.2, 0.25) is 0 Å². The molecule has 0 amide bonds. The van der Waals surface area contributed by atoms with Crippen LogP contribution in [0.1, 0.15) is 6.92 Å². The van der Waals surface area contributed by atoms with Crippen LogP contribution >= 0.6 is 0 Å². The van der Waals surface area contributed by atoms with E-state index in [9.17, 15) is 4.79 Å². The van der Waals surface area contributed by atoms with E-state index < -0.39 is 0 Å². The monoisotopic (exact) mass is 254 g/mol. The molecular formula is C17H18O2. The van der Waals surface area contributed by atoms with Crippen molar-refractivity contribution in [1.82, 2.24) is 0 Å². The second-order valence-corrected chi connectivity index (χ2v) is 4.00. The molecule has 0 N–H and O–H groups in total. The molecule has 2 heteroatoms. The molecule has 2 aromatic rings. The Morgan fingerprint density at radius 1 is 0.895 bits per heavy atom. The van der Waals surface area contributed by atoms with Crippen LogP contribution in [0.5, 0.6) is 0 Å². The van der Waals surface area contributed by atoms with Gasteiger partial charge >= 0.3 is 5.97 Å². The van der Waals surface area contributed by atoms with Gasteiger partial charge in [-0.3, -0.25) is 0 Å². The van der Waals surface area contributed by atoms with E-state index in [-0.39, 0.29) is 5.97 Å². The highest BCUT2D eigenvalue weighted by Crippen LogP contribution is 2.17. The number of carbonyl (C=O) groups is 1. The number of carbonyl (C=O) groups excluding carboxylic acids is 1. The second-order valence-electron chi connectivity index (χ2n) is 4.00. The predicted octanol–water partition coefficient (Wildman–Crippen LogP) is 4.09. The largest absolute Gasteiger partial charge is 0.466 e. The zero-order valence-corrected chi connectivity index (χ0v) is 11.3. The molecule has 2 aromatic carbocycles. The predicted molar refractivity (Wildman–Crippen MR) is 78.7 cm³/mol. The van der Waals surface area contributed by atoms with Gasteiger partial charge in [0.05, 0.1) is 7.11 Å². The molecule has 98 valence electrons. The smallest absolute Gasteiger partial charge is 0.332 e. The van der Waals surface area contributed by atoms with E-state index in [2.05, 4.69) is 59.8 Å². The van der Waals surface area contributed by atoms with Crippen molar-refractivity contribution in [3.63, 3.8) is 0 Å². The summed E-state index contributed by atoms with van der Waals surface area (Å²) in [5, 5.41) is 0. The molecule has 0 aliphatic rings. The summed E-state index contributed by atoms with van der Waals surface area (Å²) in [5.41, 5.74) is 2.98. The molecule has 0 radical (unpaired) electrons. The van der Waals surface area contributed by atoms with Crippen molar-refractivity contribution in [3.8, 4) is 11.1 Å². The molecular weight excluding hydrogens is 236 g/mol. The summed E-state index contributed by atoms with van der Waals surface area (Å²) < 4.78 is 4.27. The lowest BCUT2D eigenvalue weighted by Crippen LogP contribution is -1.98. The Labute approximate surface area is 114 Å². The summed E-state index contributed by atoms with van der Waals surface area (Å²) >= 11 is 0. The van der Waals surface area contributed by atoms with Crippen molar-refractivity contribution < 1.29 is 9.53 Å². The minimum atomic E-state index is -0.347. The number of hydrogen-bond acceptors (Lipinski definition) is 2. The molecule has 0 aliphatic carbocycles. The summed E-state index contributed by atoms with van der Waals surface area (Å²) in [7, 11) is 1.33. The Morgan fingerprint density at radius 3 is 1.47 bits per heavy atom. The van der Waals surface area contributed by atoms with Gasteiger partial charge in [-0.25, -0.2) is 4.79 Å². The summed E-state index contributed by atoms with van der Waals surface area (Å²) in [6.07, 6.45) is 0. The Kier molecular flexibility index (Phi) is 6.10. The minimum absolute atomic E-state index is 0.347. The van der Waals surface area contributed by atoms with Gasteiger partial charge in [0.1, 0.15) is 0 Å². The van der Waals surface area contributed by atoms with Crippen LogP contribution in [0.15, 0.2) is 72.8 Å². The third-order valence-corrected chi connectivity index (χ3v) is 2.41. The number of ether oxygens (including phenoxy) is 1. The van der Waals surface area contributed by atoms with Crippen molar-refractivity contribution >= 4 is 5.97 Å². The fraction of sp³-hybridized carbons (Fsp3) is 0.118. The van der Waals surface area contributed by atoms with Gasteiger partial charge in [0.15, 0.2) is 0 Å². The van der Waals surface area contributed by atoms with Crippen LogP contribution in [-0.4, -0.2) is 13.1 Å². The van der Waals surface area contributed by atoms with E-state index in [1.165, 1.54) is 18.2 Å². The Morgan fingerprint density at radius 2 is 1.26 bits per heavy atom. The molecule has 0 aromatic heterocycles. The van der Waals surface area contributed by atoms with Gasteiger partial charge in [-0.05, 0) is 18.1 Å². The van der Waals surface area contributed by atoms with Crippen molar-refractivity contribution in [2.24, 2.45) is 0 Å². The molecule has 0 heterocycles. The average molecular weight is 254 g/mol. The molecule has 0 atom stereocenters. The van der Waals surface area contributed by atoms with Crippen LogP contribution < -0.4 is 0 Å². The zero-order valence-electron chi connectivity index (χ0n) is 11.3. The van der Waals surface area contributed by atoms with Crippen LogP contribution in [-0.2, 0) is 9.53 Å². The molecule has 0 bridgehead atoms. The van der Waals surface area contributed by atoms with Crippen LogP contribution in [0.4, 0.5) is 0 Å². The first kappa shape index (κ1) is 14.7. The van der Waals surface area contributed by atoms with Crippen molar-refractivity contribution in [2.45, 2.75) is 6.92 Å². The van der Waals surface area contributed by atoms with Crippen molar-refractivity contribution in [1.29, 1.82) is 0 Å². The molecule has 0 saturated heterocycles. The normalized spacial score (nSPS) is 8.95. The standard InChI is InChI=1S/C12H10.C5H8O2/c1-3-7-11(8-4-1)12-9-5-2-6-10-12;1-4(2)5(6)7-3/h1-10H;1H2,2-3H3. The van der Waals surface area contributed by atoms with Crippen molar-refractivity contribution in [3.05, 3.63) is 72.8 Å². The highest BCUT2D eigenvalue weighted by molar-refractivity contribution is 5.86. The van der Waals surface area contributed by atoms with Gasteiger partial charge in [-0.2, -0.15) is 0 Å². The maximum atomic E-state index is 10.2. The lowest BCUT2D eigenvalue weighted by Gasteiger charge is -1.98. The Hall–Kier alpha value is -2.35. The Balaban J connectivity index is 0.000000224. The van der Waals surface area contributed by atoms with Crippen LogP contribution in [0.25, 0.3) is 11.1 Å². The highest BCUT2D eigenvalue weighted by atomic mass is 16.5. The maximum absolute atomic E-state index is 10.2. The third-order valence-electron chi connectivity index (χ3n) is 2.41. The van der Waals surface area contributed by atoms with Crippen molar-refractivity contribution in [2.75, 3.05) is 7.11 Å². The number of methoxy groups -OCH3 is 1. The van der Waals surface area contributed by atoms with Gasteiger partial charge in [0.25, 0.3) is 0 Å². The molecule has 0 aliphatic heterocycles. The number of esters is 1. The average Bonchev–Trinajstić information content (AvgIpc) is 2.49. The number of benzene rings is 2. The van der Waals surface area contributed by atoms with E-state index in [4.69, 9.17) is 0 Å². The number of rotatable bonds is 2. The number of hydrogen-bond donors (Lipinski definition) is 0. The highest BCUT2D eigenvalue weighted by Gasteiger charge is 1.95. The molecule has 0 fully saturated rings. The maximum Gasteiger partial charge on any atom is 0.332 e. The molecule has 0 unspecified atom stereocenters.